The first-order valence-corrected chi connectivity index (χ1v) is 5.50. The molecule has 1 aromatic rings. The lowest BCUT2D eigenvalue weighted by atomic mass is 9.92. The minimum atomic E-state index is 0.0926. The summed E-state index contributed by atoms with van der Waals surface area (Å²) in [6.07, 6.45) is 7.22. The molecule has 5 heteroatoms. The molecule has 0 bridgehead atoms. The van der Waals surface area contributed by atoms with Crippen molar-refractivity contribution in [3.05, 3.63) is 18.0 Å². The summed E-state index contributed by atoms with van der Waals surface area (Å²) < 4.78 is 0. The first-order chi connectivity index (χ1) is 7.85. The van der Waals surface area contributed by atoms with Crippen LogP contribution >= 0.6 is 0 Å². The Hall–Kier alpha value is -1.49. The highest BCUT2D eigenvalue weighted by Gasteiger charge is 2.26. The van der Waals surface area contributed by atoms with Crippen LogP contribution in [0, 0.1) is 0 Å². The summed E-state index contributed by atoms with van der Waals surface area (Å²) in [4.78, 5) is 20.8. The maximum absolute atomic E-state index is 10.5. The van der Waals surface area contributed by atoms with E-state index in [1.807, 2.05) is 4.90 Å². The second-order valence-corrected chi connectivity index (χ2v) is 3.94. The van der Waals surface area contributed by atoms with Gasteiger partial charge in [0.15, 0.2) is 6.29 Å². The van der Waals surface area contributed by atoms with E-state index in [0.29, 0.717) is 24.1 Å². The number of aliphatic hydroxyl groups excluding tert-OH is 1. The molecule has 5 nitrogen and oxygen atoms in total. The Kier molecular flexibility index (Phi) is 3.46. The normalized spacial score (nSPS) is 15.6. The molecule has 1 N–H and O–H groups in total. The fraction of sp³-hybridized carbons (Fsp3) is 0.545. The quantitative estimate of drug-likeness (QED) is 0.739. The molecule has 16 heavy (non-hydrogen) atoms. The lowest BCUT2D eigenvalue weighted by Crippen LogP contribution is -2.42. The van der Waals surface area contributed by atoms with Crippen LogP contribution in [-0.2, 0) is 0 Å². The summed E-state index contributed by atoms with van der Waals surface area (Å²) in [6, 6.07) is 0.439. The summed E-state index contributed by atoms with van der Waals surface area (Å²) in [6.45, 7) is 0.639. The predicted octanol–water partition coefficient (Wildman–Crippen LogP) is 0.640. The summed E-state index contributed by atoms with van der Waals surface area (Å²) in [5.41, 5.74) is 0.473. The molecule has 1 aliphatic rings. The van der Waals surface area contributed by atoms with Gasteiger partial charge in [0, 0.05) is 25.0 Å². The summed E-state index contributed by atoms with van der Waals surface area (Å²) in [5.74, 6) is 0.601. The molecule has 1 fully saturated rings. The van der Waals surface area contributed by atoms with Crippen molar-refractivity contribution in [2.45, 2.75) is 25.3 Å². The molecular formula is C11H15N3O2. The minimum Gasteiger partial charge on any atom is -0.395 e. The van der Waals surface area contributed by atoms with Gasteiger partial charge >= 0.3 is 0 Å². The van der Waals surface area contributed by atoms with Gasteiger partial charge in [-0.2, -0.15) is 0 Å². The van der Waals surface area contributed by atoms with Crippen LogP contribution in [0.25, 0.3) is 0 Å². The van der Waals surface area contributed by atoms with Crippen molar-refractivity contribution in [3.63, 3.8) is 0 Å². The Morgan fingerprint density at radius 1 is 1.44 bits per heavy atom. The van der Waals surface area contributed by atoms with Crippen LogP contribution in [0.15, 0.2) is 12.4 Å². The molecular weight excluding hydrogens is 206 g/mol. The molecule has 1 heterocycles. The van der Waals surface area contributed by atoms with E-state index in [-0.39, 0.29) is 6.61 Å². The molecule has 0 spiro atoms. The van der Waals surface area contributed by atoms with Crippen LogP contribution in [0.2, 0.25) is 0 Å². The summed E-state index contributed by atoms with van der Waals surface area (Å²) in [5, 5.41) is 9.01. The van der Waals surface area contributed by atoms with Gasteiger partial charge in [-0.1, -0.05) is 0 Å². The van der Waals surface area contributed by atoms with Crippen molar-refractivity contribution in [1.82, 2.24) is 9.97 Å². The van der Waals surface area contributed by atoms with E-state index in [1.54, 1.807) is 0 Å². The Bertz CT molecular complexity index is 349. The number of hydrogen-bond acceptors (Lipinski definition) is 5. The first kappa shape index (κ1) is 11.0. The van der Waals surface area contributed by atoms with Crippen LogP contribution in [0.3, 0.4) is 0 Å². The van der Waals surface area contributed by atoms with E-state index in [9.17, 15) is 4.79 Å². The number of aromatic nitrogens is 2. The topological polar surface area (TPSA) is 66.3 Å². The highest BCUT2D eigenvalue weighted by atomic mass is 16.3. The molecule has 0 atom stereocenters. The zero-order chi connectivity index (χ0) is 11.4. The van der Waals surface area contributed by atoms with E-state index in [2.05, 4.69) is 9.97 Å². The molecule has 1 aromatic heterocycles. The van der Waals surface area contributed by atoms with Gasteiger partial charge in [-0.05, 0) is 19.3 Å². The third kappa shape index (κ3) is 2.19. The Morgan fingerprint density at radius 3 is 2.56 bits per heavy atom. The Labute approximate surface area is 94.1 Å². The lowest BCUT2D eigenvalue weighted by molar-refractivity contribution is 0.112. The van der Waals surface area contributed by atoms with Gasteiger partial charge in [0.2, 0.25) is 5.95 Å². The van der Waals surface area contributed by atoms with Gasteiger partial charge in [0.05, 0.1) is 12.2 Å². The number of rotatable bonds is 5. The van der Waals surface area contributed by atoms with Gasteiger partial charge in [-0.3, -0.25) is 4.79 Å². The predicted molar refractivity (Wildman–Crippen MR) is 59.5 cm³/mol. The van der Waals surface area contributed by atoms with Gasteiger partial charge in [0.25, 0.3) is 0 Å². The number of hydrogen-bond donors (Lipinski definition) is 1. The number of aliphatic hydroxyl groups is 1. The monoisotopic (exact) mass is 221 g/mol. The van der Waals surface area contributed by atoms with E-state index in [1.165, 1.54) is 18.8 Å². The second-order valence-electron chi connectivity index (χ2n) is 3.94. The van der Waals surface area contributed by atoms with Crippen molar-refractivity contribution >= 4 is 12.2 Å². The molecule has 0 saturated heterocycles. The van der Waals surface area contributed by atoms with E-state index in [4.69, 9.17) is 5.11 Å². The molecule has 2 rings (SSSR count). The number of carbonyl (C=O) groups excluding carboxylic acids is 1. The molecule has 0 amide bonds. The van der Waals surface area contributed by atoms with Gasteiger partial charge in [-0.25, -0.2) is 9.97 Å². The van der Waals surface area contributed by atoms with Crippen molar-refractivity contribution in [3.8, 4) is 0 Å². The molecule has 1 aliphatic carbocycles. The van der Waals surface area contributed by atoms with Crippen molar-refractivity contribution in [2.75, 3.05) is 18.1 Å². The molecule has 86 valence electrons. The summed E-state index contributed by atoms with van der Waals surface area (Å²) >= 11 is 0. The Morgan fingerprint density at radius 2 is 2.12 bits per heavy atom. The van der Waals surface area contributed by atoms with Crippen LogP contribution < -0.4 is 4.90 Å². The largest absolute Gasteiger partial charge is 0.395 e. The van der Waals surface area contributed by atoms with Crippen molar-refractivity contribution in [1.29, 1.82) is 0 Å². The third-order valence-electron chi connectivity index (χ3n) is 2.91. The second kappa shape index (κ2) is 5.03. The van der Waals surface area contributed by atoms with Crippen molar-refractivity contribution < 1.29 is 9.90 Å². The SMILES string of the molecule is O=Cc1cnc(N(CCO)C2CCC2)nc1. The average Bonchev–Trinajstić information content (AvgIpc) is 2.26. The lowest BCUT2D eigenvalue weighted by Gasteiger charge is -2.37. The average molecular weight is 221 g/mol. The van der Waals surface area contributed by atoms with E-state index < -0.39 is 0 Å². The number of carbonyl (C=O) groups is 1. The number of anilines is 1. The minimum absolute atomic E-state index is 0.0926. The smallest absolute Gasteiger partial charge is 0.225 e. The van der Waals surface area contributed by atoms with Gasteiger partial charge < -0.3 is 10.0 Å². The first-order valence-electron chi connectivity index (χ1n) is 5.50. The molecule has 0 aromatic carbocycles. The van der Waals surface area contributed by atoms with Crippen molar-refractivity contribution in [2.24, 2.45) is 0 Å². The molecule has 0 aliphatic heterocycles. The summed E-state index contributed by atoms with van der Waals surface area (Å²) in [7, 11) is 0. The van der Waals surface area contributed by atoms with E-state index >= 15 is 0 Å². The maximum Gasteiger partial charge on any atom is 0.225 e. The fourth-order valence-electron chi connectivity index (χ4n) is 1.79. The zero-order valence-corrected chi connectivity index (χ0v) is 9.04. The van der Waals surface area contributed by atoms with Crippen LogP contribution in [0.1, 0.15) is 29.6 Å². The van der Waals surface area contributed by atoms with Gasteiger partial charge in [0.1, 0.15) is 0 Å². The van der Waals surface area contributed by atoms with Gasteiger partial charge in [-0.15, -0.1) is 0 Å². The maximum atomic E-state index is 10.5. The molecule has 1 saturated carbocycles. The standard InChI is InChI=1S/C11H15N3O2/c15-5-4-14(10-2-1-3-10)11-12-6-9(8-16)7-13-11/h6-8,10,15H,1-5H2. The highest BCUT2D eigenvalue weighted by Crippen LogP contribution is 2.26. The molecule has 0 radical (unpaired) electrons. The number of aldehydes is 1. The molecule has 0 unspecified atom stereocenters. The number of nitrogens with zero attached hydrogens (tertiary/aromatic N) is 3. The van der Waals surface area contributed by atoms with E-state index in [0.717, 1.165) is 19.1 Å². The third-order valence-corrected chi connectivity index (χ3v) is 2.91. The highest BCUT2D eigenvalue weighted by molar-refractivity contribution is 5.73. The Balaban J connectivity index is 2.13. The fourth-order valence-corrected chi connectivity index (χ4v) is 1.79. The van der Waals surface area contributed by atoms with Crippen LogP contribution in [0.4, 0.5) is 5.95 Å². The van der Waals surface area contributed by atoms with Crippen LogP contribution in [0.5, 0.6) is 0 Å². The van der Waals surface area contributed by atoms with Crippen LogP contribution in [-0.4, -0.2) is 40.6 Å². The zero-order valence-electron chi connectivity index (χ0n) is 9.04.